The van der Waals surface area contributed by atoms with E-state index in [0.717, 1.165) is 44.1 Å². The van der Waals surface area contributed by atoms with Crippen LogP contribution in [0, 0.1) is 35.0 Å². The van der Waals surface area contributed by atoms with E-state index in [9.17, 15) is 9.90 Å². The molecule has 0 aromatic carbocycles. The lowest BCUT2D eigenvalue weighted by Gasteiger charge is -2.54. The van der Waals surface area contributed by atoms with Gasteiger partial charge in [-0.1, -0.05) is 25.0 Å². The molecular weight excluding hydrogens is 308 g/mol. The van der Waals surface area contributed by atoms with Crippen LogP contribution in [0.3, 0.4) is 0 Å². The summed E-state index contributed by atoms with van der Waals surface area (Å²) in [6, 6.07) is 0. The number of carbonyl (C=O) groups is 1. The minimum absolute atomic E-state index is 0.100. The summed E-state index contributed by atoms with van der Waals surface area (Å²) in [5.74, 6) is 4.25. The molecule has 0 amide bonds. The van der Waals surface area contributed by atoms with Crippen molar-refractivity contribution in [1.82, 2.24) is 0 Å². The van der Waals surface area contributed by atoms with Crippen LogP contribution < -0.4 is 0 Å². The monoisotopic (exact) mass is 336 g/mol. The second-order valence-electron chi connectivity index (χ2n) is 8.78. The van der Waals surface area contributed by atoms with Crippen LogP contribution in [0.15, 0.2) is 36.0 Å². The Morgan fingerprint density at radius 2 is 2.20 bits per heavy atom. The highest BCUT2D eigenvalue weighted by Crippen LogP contribution is 2.66. The van der Waals surface area contributed by atoms with Gasteiger partial charge >= 0.3 is 0 Å². The van der Waals surface area contributed by atoms with Crippen molar-refractivity contribution < 1.29 is 9.90 Å². The van der Waals surface area contributed by atoms with Crippen molar-refractivity contribution in [2.75, 3.05) is 0 Å². The van der Waals surface area contributed by atoms with E-state index in [4.69, 9.17) is 6.42 Å². The molecule has 0 saturated heterocycles. The summed E-state index contributed by atoms with van der Waals surface area (Å²) in [5.41, 5.74) is 1.46. The van der Waals surface area contributed by atoms with Gasteiger partial charge in [0.05, 0.1) is 11.0 Å². The number of ketones is 1. The molecule has 25 heavy (non-hydrogen) atoms. The van der Waals surface area contributed by atoms with E-state index in [1.54, 1.807) is 0 Å². The van der Waals surface area contributed by atoms with Crippen LogP contribution in [-0.2, 0) is 4.79 Å². The van der Waals surface area contributed by atoms with Gasteiger partial charge in [0.1, 0.15) is 0 Å². The smallest absolute Gasteiger partial charge is 0.155 e. The van der Waals surface area contributed by atoms with Crippen molar-refractivity contribution >= 4 is 5.78 Å². The summed E-state index contributed by atoms with van der Waals surface area (Å²) in [6.07, 6.45) is 18.8. The highest BCUT2D eigenvalue weighted by Gasteiger charge is 2.61. The fourth-order valence-corrected chi connectivity index (χ4v) is 6.48. The predicted molar refractivity (Wildman–Crippen MR) is 99.6 cm³/mol. The van der Waals surface area contributed by atoms with Gasteiger partial charge in [0.2, 0.25) is 0 Å². The maximum Gasteiger partial charge on any atom is 0.155 e. The fourth-order valence-electron chi connectivity index (χ4n) is 6.48. The average molecular weight is 336 g/mol. The third-order valence-corrected chi connectivity index (χ3v) is 7.96. The summed E-state index contributed by atoms with van der Waals surface area (Å²) < 4.78 is 0. The van der Waals surface area contributed by atoms with Gasteiger partial charge in [-0.3, -0.25) is 4.79 Å². The van der Waals surface area contributed by atoms with Crippen LogP contribution >= 0.6 is 0 Å². The van der Waals surface area contributed by atoms with E-state index in [0.29, 0.717) is 24.7 Å². The Labute approximate surface area is 151 Å². The largest absolute Gasteiger partial charge is 0.389 e. The van der Waals surface area contributed by atoms with Gasteiger partial charge in [-0.2, -0.15) is 0 Å². The Kier molecular flexibility index (Phi) is 3.68. The standard InChI is InChI=1S/C23H28O2/c1-4-11-23(25)14-10-19-18-7-6-16-15-17(24)8-13-22(16,5-2)20(18)9-12-21(19,23)3/h2,4,9,15,18-19,25H,1,6-8,10-14H2,3H3/t18-,19-,21-,22-,23-/m0/s1. The molecular formula is C23H28O2. The molecule has 132 valence electrons. The molecule has 2 saturated carbocycles. The summed E-state index contributed by atoms with van der Waals surface area (Å²) in [4.78, 5) is 11.9. The van der Waals surface area contributed by atoms with E-state index >= 15 is 0 Å². The summed E-state index contributed by atoms with van der Waals surface area (Å²) in [7, 11) is 0. The molecule has 0 aromatic rings. The number of hydrogen-bond donors (Lipinski definition) is 1. The van der Waals surface area contributed by atoms with Crippen LogP contribution in [0.2, 0.25) is 0 Å². The van der Waals surface area contributed by atoms with Crippen molar-refractivity contribution in [1.29, 1.82) is 0 Å². The summed E-state index contributed by atoms with van der Waals surface area (Å²) >= 11 is 0. The van der Waals surface area contributed by atoms with Crippen LogP contribution in [0.25, 0.3) is 0 Å². The first-order valence-corrected chi connectivity index (χ1v) is 9.66. The van der Waals surface area contributed by atoms with Gasteiger partial charge in [0, 0.05) is 11.8 Å². The SMILES string of the molecule is C#C[C@]12CCC(=O)C=C1CC[C@@H]1C2=CC[C@@]2(C)[C@H]1CC[C@@]2(O)CC=C. The van der Waals surface area contributed by atoms with Gasteiger partial charge in [-0.25, -0.2) is 0 Å². The van der Waals surface area contributed by atoms with Crippen LogP contribution in [0.5, 0.6) is 0 Å². The van der Waals surface area contributed by atoms with E-state index in [2.05, 4.69) is 25.5 Å². The van der Waals surface area contributed by atoms with E-state index < -0.39 is 5.60 Å². The number of aliphatic hydroxyl groups is 1. The molecule has 2 heteroatoms. The molecule has 0 spiro atoms. The minimum Gasteiger partial charge on any atom is -0.389 e. The molecule has 5 atom stereocenters. The highest BCUT2D eigenvalue weighted by atomic mass is 16.3. The molecule has 0 aromatic heterocycles. The Balaban J connectivity index is 1.78. The van der Waals surface area contributed by atoms with Crippen molar-refractivity contribution in [2.24, 2.45) is 22.7 Å². The van der Waals surface area contributed by atoms with Gasteiger partial charge in [-0.05, 0) is 74.0 Å². The third-order valence-electron chi connectivity index (χ3n) is 7.96. The zero-order chi connectivity index (χ0) is 17.9. The normalized spacial score (nSPS) is 45.4. The molecule has 0 bridgehead atoms. The van der Waals surface area contributed by atoms with Crippen molar-refractivity contribution in [3.8, 4) is 12.3 Å². The van der Waals surface area contributed by atoms with Crippen LogP contribution in [0.4, 0.5) is 0 Å². The van der Waals surface area contributed by atoms with Gasteiger partial charge < -0.3 is 5.11 Å². The Bertz CT molecular complexity index is 736. The molecule has 2 nitrogen and oxygen atoms in total. The van der Waals surface area contributed by atoms with E-state index in [-0.39, 0.29) is 16.6 Å². The van der Waals surface area contributed by atoms with Crippen LogP contribution in [-0.4, -0.2) is 16.5 Å². The van der Waals surface area contributed by atoms with Crippen molar-refractivity contribution in [3.05, 3.63) is 36.0 Å². The predicted octanol–water partition coefficient (Wildman–Crippen LogP) is 4.36. The molecule has 0 heterocycles. The fraction of sp³-hybridized carbons (Fsp3) is 0.609. The van der Waals surface area contributed by atoms with E-state index in [1.807, 2.05) is 12.2 Å². The van der Waals surface area contributed by atoms with Gasteiger partial charge in [0.25, 0.3) is 0 Å². The second kappa shape index (κ2) is 5.45. The zero-order valence-corrected chi connectivity index (χ0v) is 15.2. The zero-order valence-electron chi connectivity index (χ0n) is 15.2. The molecule has 0 radical (unpaired) electrons. The number of fused-ring (bicyclic) bond motifs is 5. The molecule has 4 rings (SSSR count). The maximum absolute atomic E-state index is 11.9. The number of terminal acetylenes is 1. The molecule has 0 unspecified atom stereocenters. The van der Waals surface area contributed by atoms with E-state index in [1.165, 1.54) is 5.57 Å². The summed E-state index contributed by atoms with van der Waals surface area (Å²) in [6.45, 7) is 6.13. The van der Waals surface area contributed by atoms with Crippen LogP contribution in [0.1, 0.15) is 58.3 Å². The molecule has 2 fully saturated rings. The lowest BCUT2D eigenvalue weighted by Crippen LogP contribution is -2.50. The first kappa shape index (κ1) is 16.9. The summed E-state index contributed by atoms with van der Waals surface area (Å²) in [5, 5.41) is 11.3. The van der Waals surface area contributed by atoms with Gasteiger partial charge in [0.15, 0.2) is 5.78 Å². The van der Waals surface area contributed by atoms with Gasteiger partial charge in [-0.15, -0.1) is 13.0 Å². The molecule has 1 N–H and O–H groups in total. The molecule has 0 aliphatic heterocycles. The molecule has 4 aliphatic rings. The Morgan fingerprint density at radius 3 is 2.92 bits per heavy atom. The lowest BCUT2D eigenvalue weighted by molar-refractivity contribution is -0.115. The first-order valence-electron chi connectivity index (χ1n) is 9.66. The van der Waals surface area contributed by atoms with Crippen molar-refractivity contribution in [2.45, 2.75) is 63.9 Å². The topological polar surface area (TPSA) is 37.3 Å². The lowest BCUT2D eigenvalue weighted by atomic mass is 9.50. The quantitative estimate of drug-likeness (QED) is 0.601. The highest BCUT2D eigenvalue weighted by molar-refractivity contribution is 5.92. The van der Waals surface area contributed by atoms with Crippen molar-refractivity contribution in [3.63, 3.8) is 0 Å². The minimum atomic E-state index is -0.649. The number of allylic oxidation sites excluding steroid dienone is 4. The number of rotatable bonds is 2. The number of carbonyl (C=O) groups excluding carboxylic acids is 1. The Morgan fingerprint density at radius 1 is 1.40 bits per heavy atom. The molecule has 4 aliphatic carbocycles. The third kappa shape index (κ3) is 2.05. The number of hydrogen-bond acceptors (Lipinski definition) is 2. The average Bonchev–Trinajstić information content (AvgIpc) is 2.86. The maximum atomic E-state index is 11.9. The first-order chi connectivity index (χ1) is 11.9. The Hall–Kier alpha value is -1.59. The second-order valence-corrected chi connectivity index (χ2v) is 8.78.